The van der Waals surface area contributed by atoms with Crippen molar-refractivity contribution in [3.8, 4) is 17.2 Å². The Balaban J connectivity index is 1.86. The summed E-state index contributed by atoms with van der Waals surface area (Å²) < 4.78 is 5.75. The van der Waals surface area contributed by atoms with Gasteiger partial charge in [0.25, 0.3) is 0 Å². The third-order valence-electron chi connectivity index (χ3n) is 4.80. The van der Waals surface area contributed by atoms with Crippen LogP contribution in [0, 0.1) is 0 Å². The van der Waals surface area contributed by atoms with Gasteiger partial charge in [-0.1, -0.05) is 6.07 Å². The maximum absolute atomic E-state index is 12.6. The number of benzene rings is 2. The molecule has 1 aliphatic heterocycles. The molecule has 158 valence electrons. The minimum absolute atomic E-state index is 0.0739. The smallest absolute Gasteiger partial charge is 0.352 e. The van der Waals surface area contributed by atoms with Gasteiger partial charge in [-0.15, -0.1) is 0 Å². The van der Waals surface area contributed by atoms with Gasteiger partial charge in [0.05, 0.1) is 22.3 Å². The molecule has 1 atom stereocenters. The van der Waals surface area contributed by atoms with Gasteiger partial charge in [0.15, 0.2) is 22.7 Å². The number of hydrogen-bond acceptors (Lipinski definition) is 8. The maximum atomic E-state index is 12.6. The minimum Gasteiger partial charge on any atom is -0.506 e. The lowest BCUT2D eigenvalue weighted by atomic mass is 10.00. The molecule has 1 unspecified atom stereocenters. The first kappa shape index (κ1) is 19.9. The van der Waals surface area contributed by atoms with E-state index in [-0.39, 0.29) is 39.3 Å². The van der Waals surface area contributed by atoms with Gasteiger partial charge in [-0.05, 0) is 12.1 Å². The van der Waals surface area contributed by atoms with Crippen molar-refractivity contribution in [2.75, 3.05) is 5.32 Å². The number of rotatable bonds is 5. The molecule has 0 fully saturated rings. The van der Waals surface area contributed by atoms with E-state index in [2.05, 4.69) is 10.3 Å². The van der Waals surface area contributed by atoms with Crippen LogP contribution in [-0.4, -0.2) is 44.1 Å². The number of pyridine rings is 1. The number of nitrogens with one attached hydrogen (secondary N) is 2. The van der Waals surface area contributed by atoms with E-state index in [1.807, 2.05) is 0 Å². The summed E-state index contributed by atoms with van der Waals surface area (Å²) in [5, 5.41) is 31.3. The lowest BCUT2D eigenvalue weighted by Crippen LogP contribution is -2.32. The number of ether oxygens (including phenoxy) is 1. The molecule has 4 rings (SSSR count). The second-order valence-electron chi connectivity index (χ2n) is 6.85. The topological polar surface area (TPSA) is 192 Å². The normalized spacial score (nSPS) is 12.8. The Bertz CT molecular complexity index is 1340. The molecule has 2 heterocycles. The predicted octanol–water partition coefficient (Wildman–Crippen LogP) is 1.77. The summed E-state index contributed by atoms with van der Waals surface area (Å²) in [5.74, 6) is -3.38. The van der Waals surface area contributed by atoms with Gasteiger partial charge in [-0.25, -0.2) is 4.79 Å². The van der Waals surface area contributed by atoms with Gasteiger partial charge in [0.1, 0.15) is 17.5 Å². The summed E-state index contributed by atoms with van der Waals surface area (Å²) in [6.45, 7) is 0. The number of aromatic amines is 1. The van der Waals surface area contributed by atoms with Gasteiger partial charge < -0.3 is 36.1 Å². The first-order chi connectivity index (χ1) is 14.7. The number of ketones is 1. The Morgan fingerprint density at radius 2 is 1.84 bits per heavy atom. The fourth-order valence-electron chi connectivity index (χ4n) is 3.33. The van der Waals surface area contributed by atoms with Gasteiger partial charge >= 0.3 is 11.9 Å². The quantitative estimate of drug-likeness (QED) is 0.203. The van der Waals surface area contributed by atoms with Gasteiger partial charge in [-0.3, -0.25) is 14.4 Å². The fourth-order valence-corrected chi connectivity index (χ4v) is 3.33. The number of phenolic OH excluding ortho intramolecular Hbond substituents is 1. The molecule has 0 aliphatic carbocycles. The largest absolute Gasteiger partial charge is 0.506 e. The molecular formula is C20H15N3O8. The van der Waals surface area contributed by atoms with Crippen molar-refractivity contribution >= 4 is 40.0 Å². The van der Waals surface area contributed by atoms with Crippen LogP contribution in [0.1, 0.15) is 27.3 Å². The molecule has 31 heavy (non-hydrogen) atoms. The number of Topliss-reactive ketones (excluding diaryl/α,β-unsaturated/α-hetero) is 1. The van der Waals surface area contributed by atoms with Gasteiger partial charge in [-0.2, -0.15) is 0 Å². The highest BCUT2D eigenvalue weighted by Gasteiger charge is 2.28. The number of aromatic hydroxyl groups is 1. The average Bonchev–Trinajstić information content (AvgIpc) is 2.71. The molecule has 1 aromatic heterocycles. The molecule has 1 aliphatic rings. The zero-order valence-corrected chi connectivity index (χ0v) is 15.6. The number of phenols is 1. The summed E-state index contributed by atoms with van der Waals surface area (Å²) in [5.41, 5.74) is 4.62. The SMILES string of the molecule is NC(CC(=O)c1cccc2c1Nc1c(cc(O)c3[nH]c(C(=O)O)cc(=O)c13)O2)C(=O)O. The molecule has 0 saturated carbocycles. The number of carboxylic acids is 2. The number of nitrogens with two attached hydrogens (primary N) is 1. The lowest BCUT2D eigenvalue weighted by molar-refractivity contribution is -0.138. The number of H-pyrrole nitrogens is 1. The van der Waals surface area contributed by atoms with Crippen molar-refractivity contribution in [2.45, 2.75) is 12.5 Å². The van der Waals surface area contributed by atoms with Crippen LogP contribution in [0.3, 0.4) is 0 Å². The number of aromatic nitrogens is 1. The zero-order chi connectivity index (χ0) is 22.4. The molecule has 11 heteroatoms. The molecule has 2 aromatic carbocycles. The van der Waals surface area contributed by atoms with Crippen LogP contribution in [0.25, 0.3) is 10.9 Å². The molecule has 11 nitrogen and oxygen atoms in total. The molecule has 0 amide bonds. The Kier molecular flexibility index (Phi) is 4.59. The van der Waals surface area contributed by atoms with Gasteiger partial charge in [0, 0.05) is 24.1 Å². The Hall–Kier alpha value is -4.38. The minimum atomic E-state index is -1.39. The van der Waals surface area contributed by atoms with Crippen molar-refractivity contribution in [1.29, 1.82) is 0 Å². The highest BCUT2D eigenvalue weighted by molar-refractivity contribution is 6.08. The molecule has 0 radical (unpaired) electrons. The third-order valence-corrected chi connectivity index (χ3v) is 4.80. The summed E-state index contributed by atoms with van der Waals surface area (Å²) in [7, 11) is 0. The second kappa shape index (κ2) is 7.15. The Morgan fingerprint density at radius 3 is 2.52 bits per heavy atom. The lowest BCUT2D eigenvalue weighted by Gasteiger charge is -2.25. The molecule has 3 aromatic rings. The van der Waals surface area contributed by atoms with E-state index < -0.39 is 47.1 Å². The zero-order valence-electron chi connectivity index (χ0n) is 15.6. The number of aromatic carboxylic acids is 1. The van der Waals surface area contributed by atoms with Crippen molar-refractivity contribution in [3.05, 3.63) is 51.8 Å². The molecule has 0 bridgehead atoms. The molecule has 7 N–H and O–H groups in total. The first-order valence-corrected chi connectivity index (χ1v) is 8.93. The maximum Gasteiger partial charge on any atom is 0.352 e. The van der Waals surface area contributed by atoms with E-state index in [1.54, 1.807) is 0 Å². The molecule has 0 saturated heterocycles. The van der Waals surface area contributed by atoms with E-state index in [0.29, 0.717) is 0 Å². The van der Waals surface area contributed by atoms with Crippen molar-refractivity contribution in [2.24, 2.45) is 5.73 Å². The van der Waals surface area contributed by atoms with Gasteiger partial charge in [0.2, 0.25) is 0 Å². The van der Waals surface area contributed by atoms with E-state index in [0.717, 1.165) is 6.07 Å². The van der Waals surface area contributed by atoms with E-state index in [9.17, 15) is 24.3 Å². The standard InChI is InChI=1S/C20H15N3O8/c21-8(19(27)28)4-10(24)7-2-1-3-13-16(7)23-18-14(31-13)6-12(26)17-15(18)11(25)5-9(22-17)20(29)30/h1-3,5-6,8,23,26H,4,21H2,(H,22,25)(H,27,28)(H,29,30). The van der Waals surface area contributed by atoms with E-state index in [1.165, 1.54) is 24.3 Å². The van der Waals surface area contributed by atoms with Crippen molar-refractivity contribution in [3.63, 3.8) is 0 Å². The number of fused-ring (bicyclic) bond motifs is 4. The molecule has 0 spiro atoms. The van der Waals surface area contributed by atoms with Crippen LogP contribution in [0.4, 0.5) is 11.4 Å². The van der Waals surface area contributed by atoms with Crippen LogP contribution >= 0.6 is 0 Å². The predicted molar refractivity (Wildman–Crippen MR) is 108 cm³/mol. The molecular weight excluding hydrogens is 410 g/mol. The summed E-state index contributed by atoms with van der Waals surface area (Å²) in [6, 6.07) is 5.19. The van der Waals surface area contributed by atoms with Crippen LogP contribution in [-0.2, 0) is 4.79 Å². The van der Waals surface area contributed by atoms with Crippen molar-refractivity contribution in [1.82, 2.24) is 4.98 Å². The average molecular weight is 425 g/mol. The Labute approximate surface area is 172 Å². The number of carbonyl (C=O) groups excluding carboxylic acids is 1. The summed E-state index contributed by atoms with van der Waals surface area (Å²) in [4.78, 5) is 50.0. The summed E-state index contributed by atoms with van der Waals surface area (Å²) in [6.07, 6.45) is -0.459. The highest BCUT2D eigenvalue weighted by atomic mass is 16.5. The number of aliphatic carboxylic acids is 1. The third kappa shape index (κ3) is 3.32. The number of carboxylic acid groups (broad SMARTS) is 2. The Morgan fingerprint density at radius 1 is 1.10 bits per heavy atom. The number of hydrogen-bond donors (Lipinski definition) is 6. The number of anilines is 2. The van der Waals surface area contributed by atoms with E-state index in [4.69, 9.17) is 20.7 Å². The van der Waals surface area contributed by atoms with Crippen LogP contribution in [0.15, 0.2) is 35.1 Å². The number of para-hydroxylation sites is 1. The fraction of sp³-hybridized carbons (Fsp3) is 0.100. The highest BCUT2D eigenvalue weighted by Crippen LogP contribution is 2.48. The first-order valence-electron chi connectivity index (χ1n) is 8.93. The monoisotopic (exact) mass is 425 g/mol. The number of carbonyl (C=O) groups is 3. The van der Waals surface area contributed by atoms with Crippen molar-refractivity contribution < 1.29 is 34.4 Å². The van der Waals surface area contributed by atoms with Crippen LogP contribution in [0.2, 0.25) is 0 Å². The van der Waals surface area contributed by atoms with E-state index >= 15 is 0 Å². The summed E-state index contributed by atoms with van der Waals surface area (Å²) >= 11 is 0. The van der Waals surface area contributed by atoms with Crippen LogP contribution in [0.5, 0.6) is 17.2 Å². The second-order valence-corrected chi connectivity index (χ2v) is 6.85. The van der Waals surface area contributed by atoms with Crippen LogP contribution < -0.4 is 21.2 Å².